The zero-order chi connectivity index (χ0) is 22.1. The van der Waals surface area contributed by atoms with Gasteiger partial charge in [0.2, 0.25) is 0 Å². The van der Waals surface area contributed by atoms with E-state index < -0.39 is 24.5 Å². The van der Waals surface area contributed by atoms with Crippen LogP contribution in [0, 0.1) is 0 Å². The fraction of sp³-hybridized carbons (Fsp3) is 0.273. The van der Waals surface area contributed by atoms with E-state index in [4.69, 9.17) is 14.2 Å². The largest absolute Gasteiger partial charge is 0.496 e. The number of rotatable bonds is 9. The van der Waals surface area contributed by atoms with Gasteiger partial charge >= 0.3 is 11.9 Å². The molecule has 0 saturated heterocycles. The molecule has 0 heterocycles. The average molecular weight is 413 g/mol. The summed E-state index contributed by atoms with van der Waals surface area (Å²) in [6.45, 7) is 2.76. The van der Waals surface area contributed by atoms with Gasteiger partial charge in [0.25, 0.3) is 5.91 Å². The number of ether oxygens (including phenoxy) is 3. The minimum absolute atomic E-state index is 0.146. The van der Waals surface area contributed by atoms with Crippen molar-refractivity contribution >= 4 is 29.3 Å². The van der Waals surface area contributed by atoms with E-state index in [1.54, 1.807) is 43.3 Å². The fourth-order valence-corrected chi connectivity index (χ4v) is 2.65. The van der Waals surface area contributed by atoms with Crippen molar-refractivity contribution in [2.24, 2.45) is 0 Å². The van der Waals surface area contributed by atoms with Gasteiger partial charge in [-0.2, -0.15) is 0 Å². The third-order valence-corrected chi connectivity index (χ3v) is 4.08. The number of hydrogen-bond donors (Lipinski definition) is 1. The van der Waals surface area contributed by atoms with E-state index in [1.165, 1.54) is 20.1 Å². The number of carbonyl (C=O) groups excluding carboxylic acids is 4. The molecule has 30 heavy (non-hydrogen) atoms. The van der Waals surface area contributed by atoms with E-state index in [0.717, 1.165) is 0 Å². The lowest BCUT2D eigenvalue weighted by atomic mass is 10.0. The van der Waals surface area contributed by atoms with Gasteiger partial charge in [0.05, 0.1) is 31.4 Å². The molecule has 0 aliphatic carbocycles. The van der Waals surface area contributed by atoms with Crippen LogP contribution in [0.4, 0.5) is 5.69 Å². The lowest BCUT2D eigenvalue weighted by Gasteiger charge is -2.11. The Morgan fingerprint density at radius 2 is 1.73 bits per heavy atom. The Labute approximate surface area is 174 Å². The van der Waals surface area contributed by atoms with E-state index in [-0.39, 0.29) is 30.1 Å². The lowest BCUT2D eigenvalue weighted by Crippen LogP contribution is -2.23. The molecule has 0 saturated carbocycles. The molecule has 0 unspecified atom stereocenters. The highest BCUT2D eigenvalue weighted by molar-refractivity contribution is 6.02. The lowest BCUT2D eigenvalue weighted by molar-refractivity contribution is -0.146. The summed E-state index contributed by atoms with van der Waals surface area (Å²) in [5.41, 5.74) is 1.37. The molecule has 158 valence electrons. The van der Waals surface area contributed by atoms with Crippen LogP contribution in [0.15, 0.2) is 42.5 Å². The molecule has 0 aromatic heterocycles. The molecule has 2 aromatic carbocycles. The minimum Gasteiger partial charge on any atom is -0.496 e. The van der Waals surface area contributed by atoms with Gasteiger partial charge in [0.1, 0.15) is 5.75 Å². The molecule has 1 N–H and O–H groups in total. The fourth-order valence-electron chi connectivity index (χ4n) is 2.65. The van der Waals surface area contributed by atoms with E-state index in [2.05, 4.69) is 5.32 Å². The Balaban J connectivity index is 1.98. The second-order valence-electron chi connectivity index (χ2n) is 6.23. The average Bonchev–Trinajstić information content (AvgIpc) is 2.72. The number of ketones is 1. The SMILES string of the molecule is CCOC(=O)c1ccccc1NC(=O)COC(=O)Cc1cc(C(C)=O)ccc1OC. The van der Waals surface area contributed by atoms with Crippen molar-refractivity contribution in [1.29, 1.82) is 0 Å². The first-order chi connectivity index (χ1) is 14.3. The number of benzene rings is 2. The summed E-state index contributed by atoms with van der Waals surface area (Å²) in [5, 5.41) is 2.53. The Hall–Kier alpha value is -3.68. The smallest absolute Gasteiger partial charge is 0.340 e. The maximum atomic E-state index is 12.2. The van der Waals surface area contributed by atoms with Crippen LogP contribution in [0.25, 0.3) is 0 Å². The molecule has 0 aliphatic rings. The zero-order valence-electron chi connectivity index (χ0n) is 17.0. The van der Waals surface area contributed by atoms with Crippen molar-refractivity contribution in [3.05, 3.63) is 59.2 Å². The molecule has 0 bridgehead atoms. The van der Waals surface area contributed by atoms with Crippen LogP contribution in [-0.2, 0) is 25.5 Å². The molecule has 0 aliphatic heterocycles. The Bertz CT molecular complexity index is 952. The molecule has 2 rings (SSSR count). The van der Waals surface area contributed by atoms with Crippen molar-refractivity contribution in [2.75, 3.05) is 25.6 Å². The van der Waals surface area contributed by atoms with E-state index in [9.17, 15) is 19.2 Å². The van der Waals surface area contributed by atoms with E-state index >= 15 is 0 Å². The number of esters is 2. The highest BCUT2D eigenvalue weighted by Crippen LogP contribution is 2.21. The van der Waals surface area contributed by atoms with Gasteiger partial charge in [-0.3, -0.25) is 14.4 Å². The molecule has 0 atom stereocenters. The Morgan fingerprint density at radius 3 is 2.40 bits per heavy atom. The topological polar surface area (TPSA) is 108 Å². The maximum absolute atomic E-state index is 12.2. The second kappa shape index (κ2) is 10.8. The highest BCUT2D eigenvalue weighted by Gasteiger charge is 2.16. The highest BCUT2D eigenvalue weighted by atomic mass is 16.5. The van der Waals surface area contributed by atoms with Crippen molar-refractivity contribution in [3.63, 3.8) is 0 Å². The van der Waals surface area contributed by atoms with Gasteiger partial charge in [0, 0.05) is 11.1 Å². The summed E-state index contributed by atoms with van der Waals surface area (Å²) in [5.74, 6) is -1.55. The molecular formula is C22H23NO7. The number of Topliss-reactive ketones (excluding diaryl/α,β-unsaturated/α-hetero) is 1. The predicted molar refractivity (Wildman–Crippen MR) is 109 cm³/mol. The summed E-state index contributed by atoms with van der Waals surface area (Å²) in [6.07, 6.45) is -0.170. The van der Waals surface area contributed by atoms with Crippen molar-refractivity contribution < 1.29 is 33.4 Å². The molecule has 0 radical (unpaired) electrons. The Morgan fingerprint density at radius 1 is 1.00 bits per heavy atom. The summed E-state index contributed by atoms with van der Waals surface area (Å²) in [7, 11) is 1.45. The minimum atomic E-state index is -0.664. The third-order valence-electron chi connectivity index (χ3n) is 4.08. The zero-order valence-corrected chi connectivity index (χ0v) is 17.0. The van der Waals surface area contributed by atoms with Crippen LogP contribution in [0.2, 0.25) is 0 Å². The van der Waals surface area contributed by atoms with Crippen LogP contribution in [0.5, 0.6) is 5.75 Å². The maximum Gasteiger partial charge on any atom is 0.340 e. The summed E-state index contributed by atoms with van der Waals surface area (Å²) in [6, 6.07) is 11.1. The number of para-hydroxylation sites is 1. The van der Waals surface area contributed by atoms with Gasteiger partial charge in [0.15, 0.2) is 12.4 Å². The molecule has 0 spiro atoms. The van der Waals surface area contributed by atoms with Gasteiger partial charge in [-0.25, -0.2) is 4.79 Å². The number of methoxy groups -OCH3 is 1. The third kappa shape index (κ3) is 6.16. The molecule has 2 aromatic rings. The number of nitrogens with one attached hydrogen (secondary N) is 1. The van der Waals surface area contributed by atoms with Crippen LogP contribution >= 0.6 is 0 Å². The number of hydrogen-bond acceptors (Lipinski definition) is 7. The predicted octanol–water partition coefficient (Wildman–Crippen LogP) is 2.80. The summed E-state index contributed by atoms with van der Waals surface area (Å²) < 4.78 is 15.2. The van der Waals surface area contributed by atoms with Crippen LogP contribution < -0.4 is 10.1 Å². The van der Waals surface area contributed by atoms with Gasteiger partial charge in [-0.1, -0.05) is 12.1 Å². The molecule has 8 nitrogen and oxygen atoms in total. The van der Waals surface area contributed by atoms with E-state index in [1.807, 2.05) is 0 Å². The van der Waals surface area contributed by atoms with E-state index in [0.29, 0.717) is 16.9 Å². The molecule has 8 heteroatoms. The summed E-state index contributed by atoms with van der Waals surface area (Å²) in [4.78, 5) is 47.8. The van der Waals surface area contributed by atoms with Gasteiger partial charge in [-0.15, -0.1) is 0 Å². The number of carbonyl (C=O) groups is 4. The summed E-state index contributed by atoms with van der Waals surface area (Å²) >= 11 is 0. The van der Waals surface area contributed by atoms with Crippen LogP contribution in [0.3, 0.4) is 0 Å². The first-order valence-corrected chi connectivity index (χ1v) is 9.25. The first kappa shape index (κ1) is 22.6. The monoisotopic (exact) mass is 413 g/mol. The van der Waals surface area contributed by atoms with Crippen molar-refractivity contribution in [1.82, 2.24) is 0 Å². The van der Waals surface area contributed by atoms with Crippen molar-refractivity contribution in [3.8, 4) is 5.75 Å². The van der Waals surface area contributed by atoms with Crippen molar-refractivity contribution in [2.45, 2.75) is 20.3 Å². The van der Waals surface area contributed by atoms with Gasteiger partial charge in [-0.05, 0) is 44.2 Å². The van der Waals surface area contributed by atoms with Crippen LogP contribution in [0.1, 0.15) is 40.1 Å². The molecule has 0 fully saturated rings. The molecule has 1 amide bonds. The second-order valence-corrected chi connectivity index (χ2v) is 6.23. The molecular weight excluding hydrogens is 390 g/mol. The Kier molecular flexibility index (Phi) is 8.10. The van der Waals surface area contributed by atoms with Crippen LogP contribution in [-0.4, -0.2) is 44.0 Å². The standard InChI is InChI=1S/C22H23NO7/c1-4-29-22(27)17-7-5-6-8-18(17)23-20(25)13-30-21(26)12-16-11-15(14(2)24)9-10-19(16)28-3/h5-11H,4,12-13H2,1-3H3,(H,23,25). The first-order valence-electron chi connectivity index (χ1n) is 9.25. The quantitative estimate of drug-likeness (QED) is 0.497. The normalized spacial score (nSPS) is 10.1. The van der Waals surface area contributed by atoms with Gasteiger partial charge < -0.3 is 19.5 Å². The number of anilines is 1. The number of amides is 1.